The van der Waals surface area contributed by atoms with Gasteiger partial charge in [0, 0.05) is 37.1 Å². The van der Waals surface area contributed by atoms with Gasteiger partial charge in [-0.05, 0) is 31.0 Å². The molecule has 33 heavy (non-hydrogen) atoms. The lowest BCUT2D eigenvalue weighted by Crippen LogP contribution is -2.42. The van der Waals surface area contributed by atoms with Crippen molar-refractivity contribution in [2.75, 3.05) is 38.2 Å². The number of ether oxygens (including phenoxy) is 1. The van der Waals surface area contributed by atoms with E-state index < -0.39 is 22.2 Å². The number of methoxy groups -OCH3 is 1. The molecule has 2 aliphatic rings. The number of hydrogen-bond acceptors (Lipinski definition) is 7. The number of aromatic nitrogens is 2. The summed E-state index contributed by atoms with van der Waals surface area (Å²) in [6.45, 7) is 1.62. The molecule has 2 fully saturated rings. The minimum atomic E-state index is -3.87. The summed E-state index contributed by atoms with van der Waals surface area (Å²) in [4.78, 5) is 18.5. The molecule has 2 N–H and O–H groups in total. The Morgan fingerprint density at radius 2 is 1.94 bits per heavy atom. The number of aliphatic hydroxyl groups is 1. The summed E-state index contributed by atoms with van der Waals surface area (Å²) in [5, 5.41) is 20.8. The SMILES string of the molecule is COc1nc(N2CCC(O)C2)c(-c2cc3ccccc3n2C(=O)O)cc1S(=O)(=O)N1CCC1. The van der Waals surface area contributed by atoms with E-state index in [1.807, 2.05) is 11.0 Å². The summed E-state index contributed by atoms with van der Waals surface area (Å²) < 4.78 is 34.4. The number of fused-ring (bicyclic) bond motifs is 1. The average Bonchev–Trinajstić information content (AvgIpc) is 3.34. The molecule has 0 amide bonds. The Morgan fingerprint density at radius 3 is 2.55 bits per heavy atom. The Labute approximate surface area is 190 Å². The van der Waals surface area contributed by atoms with E-state index in [1.54, 1.807) is 24.3 Å². The van der Waals surface area contributed by atoms with E-state index >= 15 is 0 Å². The normalized spacial score (nSPS) is 19.1. The largest absolute Gasteiger partial charge is 0.480 e. The highest BCUT2D eigenvalue weighted by Crippen LogP contribution is 2.40. The minimum absolute atomic E-state index is 0.0555. The van der Waals surface area contributed by atoms with Gasteiger partial charge in [-0.1, -0.05) is 18.2 Å². The molecule has 0 radical (unpaired) electrons. The zero-order chi connectivity index (χ0) is 23.3. The van der Waals surface area contributed by atoms with Crippen molar-refractivity contribution in [2.45, 2.75) is 23.8 Å². The van der Waals surface area contributed by atoms with Gasteiger partial charge < -0.3 is 19.8 Å². The number of sulfonamides is 1. The van der Waals surface area contributed by atoms with Crippen molar-refractivity contribution >= 4 is 32.8 Å². The fourth-order valence-electron chi connectivity index (χ4n) is 4.39. The van der Waals surface area contributed by atoms with Crippen LogP contribution in [0, 0.1) is 0 Å². The molecule has 0 spiro atoms. The first-order valence-corrected chi connectivity index (χ1v) is 12.1. The number of benzene rings is 1. The minimum Gasteiger partial charge on any atom is -0.480 e. The number of pyridine rings is 1. The number of para-hydroxylation sites is 1. The monoisotopic (exact) mass is 472 g/mol. The molecule has 4 heterocycles. The Kier molecular flexibility index (Phi) is 5.26. The molecule has 3 aromatic rings. The van der Waals surface area contributed by atoms with Crippen LogP contribution in [0.2, 0.25) is 0 Å². The second kappa shape index (κ2) is 8.01. The van der Waals surface area contributed by atoms with Gasteiger partial charge in [-0.2, -0.15) is 9.29 Å². The van der Waals surface area contributed by atoms with E-state index in [2.05, 4.69) is 4.98 Å². The Hall–Kier alpha value is -3.15. The fraction of sp³-hybridized carbons (Fsp3) is 0.364. The number of nitrogens with zero attached hydrogens (tertiary/aromatic N) is 4. The molecule has 1 atom stereocenters. The van der Waals surface area contributed by atoms with Crippen molar-refractivity contribution < 1.29 is 28.2 Å². The summed E-state index contributed by atoms with van der Waals surface area (Å²) in [6, 6.07) is 10.2. The van der Waals surface area contributed by atoms with E-state index in [4.69, 9.17) is 4.74 Å². The zero-order valence-electron chi connectivity index (χ0n) is 18.0. The quantitative estimate of drug-likeness (QED) is 0.579. The van der Waals surface area contributed by atoms with Crippen molar-refractivity contribution in [3.63, 3.8) is 0 Å². The highest BCUT2D eigenvalue weighted by Gasteiger charge is 2.35. The Morgan fingerprint density at radius 1 is 1.18 bits per heavy atom. The number of carbonyl (C=O) groups is 1. The van der Waals surface area contributed by atoms with Gasteiger partial charge in [0.25, 0.3) is 0 Å². The molecular weight excluding hydrogens is 448 g/mol. The standard InChI is InChI=1S/C22H24N4O6S/c1-32-21-19(33(30,31)25-8-4-9-25)12-16(20(23-21)24-10-7-15(27)13-24)18-11-14-5-2-3-6-17(14)26(18)22(28)29/h2-3,5-6,11-12,15,27H,4,7-10,13H2,1H3,(H,28,29). The van der Waals surface area contributed by atoms with Crippen LogP contribution in [0.5, 0.6) is 5.88 Å². The molecule has 174 valence electrons. The molecule has 11 heteroatoms. The van der Waals surface area contributed by atoms with Gasteiger partial charge in [-0.15, -0.1) is 0 Å². The van der Waals surface area contributed by atoms with E-state index in [1.165, 1.54) is 17.5 Å². The molecule has 10 nitrogen and oxygen atoms in total. The molecule has 2 saturated heterocycles. The number of aliphatic hydroxyl groups excluding tert-OH is 1. The molecule has 1 aromatic carbocycles. The maximum Gasteiger partial charge on any atom is 0.416 e. The van der Waals surface area contributed by atoms with Crippen LogP contribution in [0.4, 0.5) is 10.6 Å². The molecule has 0 saturated carbocycles. The van der Waals surface area contributed by atoms with Gasteiger partial charge in [-0.3, -0.25) is 0 Å². The fourth-order valence-corrected chi connectivity index (χ4v) is 6.02. The molecule has 0 aliphatic carbocycles. The summed E-state index contributed by atoms with van der Waals surface area (Å²) in [5.74, 6) is 0.316. The van der Waals surface area contributed by atoms with Gasteiger partial charge in [0.1, 0.15) is 10.7 Å². The van der Waals surface area contributed by atoms with Crippen molar-refractivity contribution in [3.8, 4) is 17.1 Å². The number of rotatable bonds is 5. The predicted molar refractivity (Wildman–Crippen MR) is 121 cm³/mol. The molecule has 2 aromatic heterocycles. The number of carboxylic acid groups (broad SMARTS) is 1. The summed E-state index contributed by atoms with van der Waals surface area (Å²) in [7, 11) is -2.51. The van der Waals surface area contributed by atoms with Crippen LogP contribution in [0.1, 0.15) is 12.8 Å². The van der Waals surface area contributed by atoms with Gasteiger partial charge >= 0.3 is 6.09 Å². The number of anilines is 1. The lowest BCUT2D eigenvalue weighted by atomic mass is 10.1. The van der Waals surface area contributed by atoms with Crippen LogP contribution in [0.3, 0.4) is 0 Å². The smallest absolute Gasteiger partial charge is 0.416 e. The van der Waals surface area contributed by atoms with Gasteiger partial charge in [0.15, 0.2) is 0 Å². The molecule has 1 unspecified atom stereocenters. The van der Waals surface area contributed by atoms with Crippen LogP contribution in [-0.2, 0) is 10.0 Å². The third-order valence-electron chi connectivity index (χ3n) is 6.20. The maximum atomic E-state index is 13.3. The molecular formula is C22H24N4O6S. The third-order valence-corrected chi connectivity index (χ3v) is 8.09. The Balaban J connectivity index is 1.80. The third kappa shape index (κ3) is 3.52. The first-order chi connectivity index (χ1) is 15.8. The molecule has 0 bridgehead atoms. The second-order valence-corrected chi connectivity index (χ2v) is 10.1. The first-order valence-electron chi connectivity index (χ1n) is 10.7. The van der Waals surface area contributed by atoms with Crippen molar-refractivity contribution in [3.05, 3.63) is 36.4 Å². The average molecular weight is 473 g/mol. The van der Waals surface area contributed by atoms with Crippen LogP contribution in [0.25, 0.3) is 22.2 Å². The second-order valence-electron chi connectivity index (χ2n) is 8.22. The highest BCUT2D eigenvalue weighted by atomic mass is 32.2. The molecule has 2 aliphatic heterocycles. The van der Waals surface area contributed by atoms with Gasteiger partial charge in [0.2, 0.25) is 15.9 Å². The van der Waals surface area contributed by atoms with Crippen molar-refractivity contribution in [1.29, 1.82) is 0 Å². The van der Waals surface area contributed by atoms with E-state index in [0.29, 0.717) is 60.6 Å². The van der Waals surface area contributed by atoms with Crippen LogP contribution in [-0.4, -0.2) is 78.0 Å². The van der Waals surface area contributed by atoms with Gasteiger partial charge in [0.05, 0.1) is 24.4 Å². The summed E-state index contributed by atoms with van der Waals surface area (Å²) in [5.41, 5.74) is 1.13. The van der Waals surface area contributed by atoms with Crippen molar-refractivity contribution in [1.82, 2.24) is 13.9 Å². The lowest BCUT2D eigenvalue weighted by molar-refractivity contribution is 0.197. The number of hydrogen-bond donors (Lipinski definition) is 2. The van der Waals surface area contributed by atoms with Crippen molar-refractivity contribution in [2.24, 2.45) is 0 Å². The van der Waals surface area contributed by atoms with E-state index in [0.717, 1.165) is 11.0 Å². The summed E-state index contributed by atoms with van der Waals surface area (Å²) >= 11 is 0. The summed E-state index contributed by atoms with van der Waals surface area (Å²) in [6.07, 6.45) is -0.445. The first kappa shape index (κ1) is 21.7. The van der Waals surface area contributed by atoms with Gasteiger partial charge in [-0.25, -0.2) is 17.8 Å². The topological polar surface area (TPSA) is 125 Å². The maximum absolute atomic E-state index is 13.3. The predicted octanol–water partition coefficient (Wildman–Crippen LogP) is 2.20. The zero-order valence-corrected chi connectivity index (χ0v) is 18.8. The van der Waals surface area contributed by atoms with Crippen LogP contribution < -0.4 is 9.64 Å². The van der Waals surface area contributed by atoms with Crippen LogP contribution >= 0.6 is 0 Å². The lowest BCUT2D eigenvalue weighted by Gasteiger charge is -2.30. The Bertz CT molecular complexity index is 1350. The van der Waals surface area contributed by atoms with E-state index in [9.17, 15) is 23.4 Å². The van der Waals surface area contributed by atoms with E-state index in [-0.39, 0.29) is 10.8 Å². The van der Waals surface area contributed by atoms with Crippen LogP contribution in [0.15, 0.2) is 41.3 Å². The number of β-amino-alcohol motifs (C(OH)–C–C–N with tert-alkyl or cyclic N) is 1. The highest BCUT2D eigenvalue weighted by molar-refractivity contribution is 7.89. The molecule has 5 rings (SSSR count).